The Morgan fingerprint density at radius 3 is 2.68 bits per heavy atom. The lowest BCUT2D eigenvalue weighted by Gasteiger charge is -2.21. The number of carbonyl (C=O) groups excluding carboxylic acids is 1. The summed E-state index contributed by atoms with van der Waals surface area (Å²) in [6.45, 7) is 1.03. The molecule has 0 saturated heterocycles. The first-order valence-corrected chi connectivity index (χ1v) is 9.17. The van der Waals surface area contributed by atoms with Crippen molar-refractivity contribution in [3.63, 3.8) is 0 Å². The molecule has 0 unspecified atom stereocenters. The van der Waals surface area contributed by atoms with Crippen molar-refractivity contribution in [3.05, 3.63) is 75.8 Å². The van der Waals surface area contributed by atoms with Crippen LogP contribution in [0.5, 0.6) is 5.75 Å². The Balaban J connectivity index is 1.60. The highest BCUT2D eigenvalue weighted by atomic mass is 35.5. The van der Waals surface area contributed by atoms with E-state index in [-0.39, 0.29) is 12.5 Å². The van der Waals surface area contributed by atoms with Crippen molar-refractivity contribution in [2.75, 3.05) is 13.2 Å². The van der Waals surface area contributed by atoms with Gasteiger partial charge in [0.2, 0.25) is 0 Å². The number of hydrogen-bond acceptors (Lipinski definition) is 4. The van der Waals surface area contributed by atoms with Crippen LogP contribution in [-0.2, 0) is 17.8 Å². The van der Waals surface area contributed by atoms with E-state index in [0.717, 1.165) is 12.2 Å². The van der Waals surface area contributed by atoms with Gasteiger partial charge in [-0.05, 0) is 54.3 Å². The predicted octanol–water partition coefficient (Wildman–Crippen LogP) is 4.64. The van der Waals surface area contributed by atoms with Crippen molar-refractivity contribution in [2.24, 2.45) is 0 Å². The number of furan rings is 1. The van der Waals surface area contributed by atoms with Crippen LogP contribution in [0.3, 0.4) is 0 Å². The lowest BCUT2D eigenvalue weighted by Crippen LogP contribution is -2.35. The van der Waals surface area contributed by atoms with Crippen molar-refractivity contribution in [3.8, 4) is 5.75 Å². The fraction of sp³-hybridized carbons (Fsp3) is 0.211. The fourth-order valence-electron chi connectivity index (χ4n) is 2.35. The van der Waals surface area contributed by atoms with Crippen molar-refractivity contribution < 1.29 is 13.9 Å². The number of amides is 1. The zero-order valence-electron chi connectivity index (χ0n) is 13.6. The van der Waals surface area contributed by atoms with Crippen molar-refractivity contribution in [2.45, 2.75) is 13.0 Å². The molecule has 0 fully saturated rings. The van der Waals surface area contributed by atoms with Gasteiger partial charge in [0.25, 0.3) is 5.91 Å². The van der Waals surface area contributed by atoms with Crippen molar-refractivity contribution in [1.29, 1.82) is 0 Å². The zero-order valence-corrected chi connectivity index (χ0v) is 15.1. The number of rotatable bonds is 8. The molecular weight excluding hydrogens is 358 g/mol. The Hall–Kier alpha value is -2.24. The maximum atomic E-state index is 12.6. The van der Waals surface area contributed by atoms with Crippen LogP contribution in [-0.4, -0.2) is 24.0 Å². The summed E-state index contributed by atoms with van der Waals surface area (Å²) in [5.74, 6) is 1.29. The second kappa shape index (κ2) is 8.74. The Morgan fingerprint density at radius 1 is 1.16 bits per heavy atom. The molecule has 130 valence electrons. The number of nitrogens with zero attached hydrogens (tertiary/aromatic N) is 1. The molecule has 0 aliphatic heterocycles. The Morgan fingerprint density at radius 2 is 2.00 bits per heavy atom. The Bertz CT molecular complexity index is 770. The van der Waals surface area contributed by atoms with Gasteiger partial charge in [0.1, 0.15) is 11.5 Å². The van der Waals surface area contributed by atoms with Gasteiger partial charge in [0, 0.05) is 16.4 Å². The van der Waals surface area contributed by atoms with Gasteiger partial charge in [0.05, 0.1) is 12.8 Å². The first-order valence-electron chi connectivity index (χ1n) is 7.91. The highest BCUT2D eigenvalue weighted by Crippen LogP contribution is 2.16. The fourth-order valence-corrected chi connectivity index (χ4v) is 3.17. The normalized spacial score (nSPS) is 10.6. The van der Waals surface area contributed by atoms with Crippen LogP contribution in [0.1, 0.15) is 10.6 Å². The summed E-state index contributed by atoms with van der Waals surface area (Å²) in [4.78, 5) is 15.6. The molecule has 6 heteroatoms. The van der Waals surface area contributed by atoms with E-state index < -0.39 is 0 Å². The van der Waals surface area contributed by atoms with Crippen LogP contribution < -0.4 is 4.74 Å². The molecule has 0 atom stereocenters. The summed E-state index contributed by atoms with van der Waals surface area (Å²) in [5.41, 5.74) is 0. The first kappa shape index (κ1) is 17.6. The van der Waals surface area contributed by atoms with E-state index in [2.05, 4.69) is 6.07 Å². The minimum Gasteiger partial charge on any atom is -0.484 e. The molecule has 0 aliphatic rings. The van der Waals surface area contributed by atoms with Gasteiger partial charge in [-0.3, -0.25) is 4.79 Å². The highest BCUT2D eigenvalue weighted by Gasteiger charge is 2.16. The van der Waals surface area contributed by atoms with Gasteiger partial charge in [-0.2, -0.15) is 0 Å². The SMILES string of the molecule is O=C(COc1ccc(Cl)cc1)N(CCc1cccs1)Cc1ccco1. The van der Waals surface area contributed by atoms with Crippen LogP contribution in [0, 0.1) is 0 Å². The van der Waals surface area contributed by atoms with E-state index in [1.807, 2.05) is 23.6 Å². The molecule has 0 N–H and O–H groups in total. The lowest BCUT2D eigenvalue weighted by molar-refractivity contribution is -0.134. The van der Waals surface area contributed by atoms with Crippen LogP contribution in [0.2, 0.25) is 5.02 Å². The van der Waals surface area contributed by atoms with Gasteiger partial charge in [-0.25, -0.2) is 0 Å². The smallest absolute Gasteiger partial charge is 0.260 e. The summed E-state index contributed by atoms with van der Waals surface area (Å²) in [7, 11) is 0. The molecule has 0 spiro atoms. The maximum absolute atomic E-state index is 12.6. The zero-order chi connectivity index (χ0) is 17.5. The molecule has 0 aliphatic carbocycles. The topological polar surface area (TPSA) is 42.7 Å². The van der Waals surface area contributed by atoms with E-state index >= 15 is 0 Å². The standard InChI is InChI=1S/C19H18ClNO3S/c20-15-5-7-16(8-6-15)24-14-19(22)21(13-17-3-1-11-23-17)10-9-18-4-2-12-25-18/h1-8,11-12H,9-10,13-14H2. The lowest BCUT2D eigenvalue weighted by atomic mass is 10.3. The molecule has 2 aromatic heterocycles. The molecule has 1 aromatic carbocycles. The first-order chi connectivity index (χ1) is 12.2. The molecule has 2 heterocycles. The quantitative estimate of drug-likeness (QED) is 0.575. The predicted molar refractivity (Wildman–Crippen MR) is 99.1 cm³/mol. The summed E-state index contributed by atoms with van der Waals surface area (Å²) in [6, 6.07) is 14.7. The van der Waals surface area contributed by atoms with Gasteiger partial charge < -0.3 is 14.1 Å². The minimum atomic E-state index is -0.0806. The van der Waals surface area contributed by atoms with E-state index in [1.54, 1.807) is 46.8 Å². The van der Waals surface area contributed by atoms with E-state index in [4.69, 9.17) is 20.8 Å². The molecule has 0 bridgehead atoms. The van der Waals surface area contributed by atoms with E-state index in [9.17, 15) is 4.79 Å². The second-order valence-corrected chi connectivity index (χ2v) is 6.94. The van der Waals surface area contributed by atoms with Gasteiger partial charge in [0.15, 0.2) is 6.61 Å². The largest absolute Gasteiger partial charge is 0.484 e. The molecule has 4 nitrogen and oxygen atoms in total. The van der Waals surface area contributed by atoms with Crippen molar-refractivity contribution >= 4 is 28.8 Å². The molecule has 3 aromatic rings. The summed E-state index contributed by atoms with van der Waals surface area (Å²) >= 11 is 7.55. The molecule has 0 radical (unpaired) electrons. The Kier molecular flexibility index (Phi) is 6.14. The monoisotopic (exact) mass is 375 g/mol. The second-order valence-electron chi connectivity index (χ2n) is 5.47. The number of ether oxygens (including phenoxy) is 1. The average molecular weight is 376 g/mol. The van der Waals surface area contributed by atoms with E-state index in [1.165, 1.54) is 4.88 Å². The van der Waals surface area contributed by atoms with E-state index in [0.29, 0.717) is 23.9 Å². The molecule has 3 rings (SSSR count). The summed E-state index contributed by atoms with van der Waals surface area (Å²) < 4.78 is 11.0. The molecule has 25 heavy (non-hydrogen) atoms. The number of halogens is 1. The third kappa shape index (κ3) is 5.37. The number of benzene rings is 1. The highest BCUT2D eigenvalue weighted by molar-refractivity contribution is 7.09. The number of carbonyl (C=O) groups is 1. The third-order valence-electron chi connectivity index (χ3n) is 3.66. The van der Waals surface area contributed by atoms with Crippen molar-refractivity contribution in [1.82, 2.24) is 4.90 Å². The Labute approximate surface area is 155 Å². The van der Waals surface area contributed by atoms with Gasteiger partial charge in [-0.1, -0.05) is 17.7 Å². The number of thiophene rings is 1. The average Bonchev–Trinajstić information content (AvgIpc) is 3.31. The van der Waals surface area contributed by atoms with Crippen LogP contribution in [0.4, 0.5) is 0 Å². The molecule has 0 saturated carbocycles. The molecular formula is C19H18ClNO3S. The van der Waals surface area contributed by atoms with Crippen LogP contribution >= 0.6 is 22.9 Å². The number of hydrogen-bond donors (Lipinski definition) is 0. The molecule has 1 amide bonds. The third-order valence-corrected chi connectivity index (χ3v) is 4.85. The van der Waals surface area contributed by atoms with Crippen LogP contribution in [0.15, 0.2) is 64.6 Å². The van der Waals surface area contributed by atoms with Gasteiger partial charge >= 0.3 is 0 Å². The summed E-state index contributed by atoms with van der Waals surface area (Å²) in [6.07, 6.45) is 2.42. The summed E-state index contributed by atoms with van der Waals surface area (Å²) in [5, 5.41) is 2.67. The van der Waals surface area contributed by atoms with Gasteiger partial charge in [-0.15, -0.1) is 11.3 Å². The minimum absolute atomic E-state index is 0.0211. The van der Waals surface area contributed by atoms with Crippen LogP contribution in [0.25, 0.3) is 0 Å². The maximum Gasteiger partial charge on any atom is 0.260 e.